The first-order valence-corrected chi connectivity index (χ1v) is 10.7. The second-order valence-corrected chi connectivity index (χ2v) is 7.86. The van der Waals surface area contributed by atoms with E-state index < -0.39 is 17.5 Å². The predicted molar refractivity (Wildman–Crippen MR) is 120 cm³/mol. The standard InChI is InChI=1S/C23H23F3N6O2/c1-14(33)29-21-11-16(3-5-19(21)25)30-22-27-13-28-23(31-22)32-8-6-17(7-9-32)34-12-15-2-4-18(24)20(26)10-15/h2-5,10-11,13,17H,6-9,12H2,1H3,(H,29,33)(H,27,28,30,31). The Hall–Kier alpha value is -3.73. The lowest BCUT2D eigenvalue weighted by Crippen LogP contribution is -2.38. The molecule has 178 valence electrons. The number of carbonyl (C=O) groups is 1. The number of anilines is 4. The molecule has 0 radical (unpaired) electrons. The summed E-state index contributed by atoms with van der Waals surface area (Å²) in [6, 6.07) is 7.95. The highest BCUT2D eigenvalue weighted by Crippen LogP contribution is 2.23. The monoisotopic (exact) mass is 472 g/mol. The Morgan fingerprint density at radius 1 is 1.06 bits per heavy atom. The molecule has 1 amide bonds. The van der Waals surface area contributed by atoms with E-state index in [4.69, 9.17) is 4.74 Å². The first-order valence-electron chi connectivity index (χ1n) is 10.7. The minimum atomic E-state index is -0.887. The van der Waals surface area contributed by atoms with Crippen molar-refractivity contribution in [2.24, 2.45) is 0 Å². The molecule has 4 rings (SSSR count). The molecule has 1 aromatic heterocycles. The number of nitrogens with one attached hydrogen (secondary N) is 2. The Labute approximate surface area is 194 Å². The normalized spacial score (nSPS) is 14.2. The Morgan fingerprint density at radius 2 is 1.82 bits per heavy atom. The summed E-state index contributed by atoms with van der Waals surface area (Å²) < 4.78 is 46.1. The quantitative estimate of drug-likeness (QED) is 0.533. The van der Waals surface area contributed by atoms with Gasteiger partial charge in [0.25, 0.3) is 0 Å². The van der Waals surface area contributed by atoms with Crippen LogP contribution in [0.2, 0.25) is 0 Å². The van der Waals surface area contributed by atoms with Crippen molar-refractivity contribution in [1.82, 2.24) is 15.0 Å². The Morgan fingerprint density at radius 3 is 2.56 bits per heavy atom. The van der Waals surface area contributed by atoms with Crippen LogP contribution in [0.1, 0.15) is 25.3 Å². The molecule has 34 heavy (non-hydrogen) atoms. The van der Waals surface area contributed by atoms with Crippen LogP contribution in [0.25, 0.3) is 0 Å². The number of nitrogens with zero attached hydrogens (tertiary/aromatic N) is 4. The zero-order valence-corrected chi connectivity index (χ0v) is 18.4. The van der Waals surface area contributed by atoms with Gasteiger partial charge < -0.3 is 20.3 Å². The van der Waals surface area contributed by atoms with E-state index in [1.807, 2.05) is 4.90 Å². The summed E-state index contributed by atoms with van der Waals surface area (Å²) in [6.07, 6.45) is 2.80. The number of ether oxygens (including phenoxy) is 1. The van der Waals surface area contributed by atoms with Crippen LogP contribution >= 0.6 is 0 Å². The fraction of sp³-hybridized carbons (Fsp3) is 0.304. The topological polar surface area (TPSA) is 92.3 Å². The number of aromatic nitrogens is 3. The molecule has 1 aliphatic heterocycles. The third-order valence-corrected chi connectivity index (χ3v) is 5.29. The van der Waals surface area contributed by atoms with Crippen LogP contribution in [0.3, 0.4) is 0 Å². The van der Waals surface area contributed by atoms with Crippen LogP contribution in [-0.4, -0.2) is 40.1 Å². The fourth-order valence-corrected chi connectivity index (χ4v) is 3.58. The molecule has 1 fully saturated rings. The molecule has 11 heteroatoms. The van der Waals surface area contributed by atoms with Crippen molar-refractivity contribution >= 4 is 29.2 Å². The molecule has 1 saturated heterocycles. The summed E-state index contributed by atoms with van der Waals surface area (Å²) in [5.41, 5.74) is 1.14. The minimum Gasteiger partial charge on any atom is -0.373 e. The maximum atomic E-state index is 13.9. The number of halogens is 3. The van der Waals surface area contributed by atoms with Crippen molar-refractivity contribution < 1.29 is 22.7 Å². The van der Waals surface area contributed by atoms with Crippen LogP contribution in [0.15, 0.2) is 42.7 Å². The summed E-state index contributed by atoms with van der Waals surface area (Å²) in [5.74, 6) is -1.93. The van der Waals surface area contributed by atoms with Gasteiger partial charge in [-0.15, -0.1) is 0 Å². The molecule has 0 unspecified atom stereocenters. The lowest BCUT2D eigenvalue weighted by molar-refractivity contribution is -0.114. The van der Waals surface area contributed by atoms with Crippen LogP contribution < -0.4 is 15.5 Å². The average Bonchev–Trinajstić information content (AvgIpc) is 2.82. The predicted octanol–water partition coefficient (Wildman–Crippen LogP) is 4.18. The number of hydrogen-bond acceptors (Lipinski definition) is 7. The number of carbonyl (C=O) groups excluding carboxylic acids is 1. The largest absolute Gasteiger partial charge is 0.373 e. The Kier molecular flexibility index (Phi) is 7.21. The van der Waals surface area contributed by atoms with Gasteiger partial charge in [0.15, 0.2) is 11.6 Å². The average molecular weight is 472 g/mol. The zero-order chi connectivity index (χ0) is 24.1. The molecule has 0 aliphatic carbocycles. The molecule has 0 bridgehead atoms. The van der Waals surface area contributed by atoms with E-state index in [9.17, 15) is 18.0 Å². The van der Waals surface area contributed by atoms with Gasteiger partial charge in [0.1, 0.15) is 12.1 Å². The second kappa shape index (κ2) is 10.5. The molecule has 2 heterocycles. The van der Waals surface area contributed by atoms with Gasteiger partial charge in [0.2, 0.25) is 17.8 Å². The molecule has 0 atom stereocenters. The van der Waals surface area contributed by atoms with E-state index >= 15 is 0 Å². The lowest BCUT2D eigenvalue weighted by Gasteiger charge is -2.31. The van der Waals surface area contributed by atoms with Crippen molar-refractivity contribution in [2.45, 2.75) is 32.5 Å². The molecule has 2 N–H and O–H groups in total. The summed E-state index contributed by atoms with van der Waals surface area (Å²) in [4.78, 5) is 26.0. The number of rotatable bonds is 7. The van der Waals surface area contributed by atoms with Gasteiger partial charge in [-0.05, 0) is 48.7 Å². The molecular formula is C23H23F3N6O2. The fourth-order valence-electron chi connectivity index (χ4n) is 3.58. The molecule has 0 spiro atoms. The van der Waals surface area contributed by atoms with E-state index in [0.717, 1.165) is 25.0 Å². The van der Waals surface area contributed by atoms with Gasteiger partial charge in [-0.25, -0.2) is 23.1 Å². The number of benzene rings is 2. The van der Waals surface area contributed by atoms with Crippen LogP contribution in [-0.2, 0) is 16.1 Å². The number of hydrogen-bond donors (Lipinski definition) is 2. The number of amides is 1. The molecule has 2 aromatic carbocycles. The molecular weight excluding hydrogens is 449 g/mol. The first-order chi connectivity index (χ1) is 16.4. The second-order valence-electron chi connectivity index (χ2n) is 7.86. The van der Waals surface area contributed by atoms with Gasteiger partial charge in [0.05, 0.1) is 18.4 Å². The van der Waals surface area contributed by atoms with E-state index in [0.29, 0.717) is 30.3 Å². The van der Waals surface area contributed by atoms with Crippen molar-refractivity contribution in [1.29, 1.82) is 0 Å². The third-order valence-electron chi connectivity index (χ3n) is 5.29. The van der Waals surface area contributed by atoms with Crippen molar-refractivity contribution in [3.05, 3.63) is 65.7 Å². The summed E-state index contributed by atoms with van der Waals surface area (Å²) in [6.45, 7) is 2.80. The van der Waals surface area contributed by atoms with E-state index in [2.05, 4.69) is 25.6 Å². The highest BCUT2D eigenvalue weighted by atomic mass is 19.2. The van der Waals surface area contributed by atoms with Gasteiger partial charge >= 0.3 is 0 Å². The zero-order valence-electron chi connectivity index (χ0n) is 18.4. The Bertz CT molecular complexity index is 1170. The minimum absolute atomic E-state index is 0.0183. The van der Waals surface area contributed by atoms with Crippen molar-refractivity contribution in [2.75, 3.05) is 28.6 Å². The van der Waals surface area contributed by atoms with Gasteiger partial charge in [-0.2, -0.15) is 4.98 Å². The maximum Gasteiger partial charge on any atom is 0.231 e. The number of piperidine rings is 1. The molecule has 3 aromatic rings. The molecule has 8 nitrogen and oxygen atoms in total. The summed E-state index contributed by atoms with van der Waals surface area (Å²) in [5, 5.41) is 5.42. The summed E-state index contributed by atoms with van der Waals surface area (Å²) >= 11 is 0. The molecule has 1 aliphatic rings. The van der Waals surface area contributed by atoms with Gasteiger partial charge in [0, 0.05) is 25.7 Å². The van der Waals surface area contributed by atoms with Crippen LogP contribution in [0.4, 0.5) is 36.4 Å². The van der Waals surface area contributed by atoms with Gasteiger partial charge in [-0.1, -0.05) is 6.07 Å². The van der Waals surface area contributed by atoms with Crippen LogP contribution in [0.5, 0.6) is 0 Å². The van der Waals surface area contributed by atoms with E-state index in [1.54, 1.807) is 0 Å². The lowest BCUT2D eigenvalue weighted by atomic mass is 10.1. The van der Waals surface area contributed by atoms with Crippen LogP contribution in [0, 0.1) is 17.5 Å². The summed E-state index contributed by atoms with van der Waals surface area (Å²) in [7, 11) is 0. The third kappa shape index (κ3) is 5.98. The Balaban J connectivity index is 1.33. The maximum absolute atomic E-state index is 13.9. The first kappa shape index (κ1) is 23.4. The van der Waals surface area contributed by atoms with Crippen molar-refractivity contribution in [3.63, 3.8) is 0 Å². The SMILES string of the molecule is CC(=O)Nc1cc(Nc2ncnc(N3CCC(OCc4ccc(F)c(F)c4)CC3)n2)ccc1F. The van der Waals surface area contributed by atoms with E-state index in [1.165, 1.54) is 37.5 Å². The molecule has 0 saturated carbocycles. The highest BCUT2D eigenvalue weighted by Gasteiger charge is 2.22. The smallest absolute Gasteiger partial charge is 0.231 e. The van der Waals surface area contributed by atoms with Gasteiger partial charge in [-0.3, -0.25) is 4.79 Å². The highest BCUT2D eigenvalue weighted by molar-refractivity contribution is 5.89. The van der Waals surface area contributed by atoms with Crippen molar-refractivity contribution in [3.8, 4) is 0 Å². The van der Waals surface area contributed by atoms with E-state index in [-0.39, 0.29) is 30.3 Å².